The van der Waals surface area contributed by atoms with Gasteiger partial charge in [0, 0.05) is 49.4 Å². The molecule has 0 saturated carbocycles. The van der Waals surface area contributed by atoms with Crippen LogP contribution >= 0.6 is 0 Å². The Hall–Kier alpha value is -2.87. The lowest BCUT2D eigenvalue weighted by molar-refractivity contribution is -0.141. The first-order valence-electron chi connectivity index (χ1n) is 9.07. The second kappa shape index (κ2) is 10.5. The van der Waals surface area contributed by atoms with Gasteiger partial charge < -0.3 is 24.1 Å². The Morgan fingerprint density at radius 3 is 2.29 bits per heavy atom. The van der Waals surface area contributed by atoms with Gasteiger partial charge in [0.05, 0.1) is 27.1 Å². The highest BCUT2D eigenvalue weighted by atomic mass is 16.5. The van der Waals surface area contributed by atoms with Gasteiger partial charge in [0.1, 0.15) is 5.58 Å². The number of aryl methyl sites for hydroxylation is 1. The summed E-state index contributed by atoms with van der Waals surface area (Å²) < 4.78 is 14.6. The highest BCUT2D eigenvalue weighted by Gasteiger charge is 2.11. The van der Waals surface area contributed by atoms with E-state index in [-0.39, 0.29) is 30.4 Å². The highest BCUT2D eigenvalue weighted by Crippen LogP contribution is 2.20. The number of hydrogen-bond acceptors (Lipinski definition) is 8. The summed E-state index contributed by atoms with van der Waals surface area (Å²) in [6, 6.07) is 7.08. The van der Waals surface area contributed by atoms with Gasteiger partial charge in [-0.05, 0) is 24.6 Å². The van der Waals surface area contributed by atoms with E-state index in [2.05, 4.69) is 14.8 Å². The molecular formula is C20H26N2O6. The Kier molecular flexibility index (Phi) is 8.01. The summed E-state index contributed by atoms with van der Waals surface area (Å²) in [6.07, 6.45) is 0.496. The molecule has 0 bridgehead atoms. The van der Waals surface area contributed by atoms with Crippen LogP contribution in [0.1, 0.15) is 18.4 Å². The summed E-state index contributed by atoms with van der Waals surface area (Å²) in [5.74, 6) is -0.591. The quantitative estimate of drug-likeness (QED) is 0.485. The summed E-state index contributed by atoms with van der Waals surface area (Å²) >= 11 is 0. The van der Waals surface area contributed by atoms with E-state index >= 15 is 0 Å². The molecule has 0 saturated heterocycles. The number of hydrogen-bond donors (Lipinski definition) is 1. The number of rotatable bonds is 10. The summed E-state index contributed by atoms with van der Waals surface area (Å²) in [5.41, 5.74) is 1.85. The lowest BCUT2D eigenvalue weighted by Gasteiger charge is -2.21. The van der Waals surface area contributed by atoms with Crippen LogP contribution in [0.3, 0.4) is 0 Å². The third-order valence-corrected chi connectivity index (χ3v) is 4.43. The van der Waals surface area contributed by atoms with E-state index in [0.29, 0.717) is 31.8 Å². The molecule has 0 amide bonds. The van der Waals surface area contributed by atoms with Crippen molar-refractivity contribution in [2.45, 2.75) is 19.8 Å². The first-order chi connectivity index (χ1) is 13.4. The lowest BCUT2D eigenvalue weighted by atomic mass is 10.1. The molecule has 0 radical (unpaired) electrons. The highest BCUT2D eigenvalue weighted by molar-refractivity contribution is 5.83. The SMILES string of the molecule is COC(=O)CCN(CCNc1ccc2c(C)cc(=O)oc2c1)CCC(=O)OC. The smallest absolute Gasteiger partial charge is 0.336 e. The first kappa shape index (κ1) is 21.4. The molecule has 28 heavy (non-hydrogen) atoms. The molecule has 8 heteroatoms. The van der Waals surface area contributed by atoms with E-state index in [1.807, 2.05) is 24.0 Å². The maximum Gasteiger partial charge on any atom is 0.336 e. The standard InChI is InChI=1S/C20H26N2O6/c1-14-12-20(25)28-17-13-15(4-5-16(14)17)21-8-11-22(9-6-18(23)26-2)10-7-19(24)27-3/h4-5,12-13,21H,6-11H2,1-3H3. The minimum atomic E-state index is -0.376. The fourth-order valence-corrected chi connectivity index (χ4v) is 2.83. The van der Waals surface area contributed by atoms with Gasteiger partial charge in [-0.25, -0.2) is 4.79 Å². The lowest BCUT2D eigenvalue weighted by Crippen LogP contribution is -2.33. The molecule has 1 aromatic carbocycles. The van der Waals surface area contributed by atoms with Crippen molar-refractivity contribution in [3.8, 4) is 0 Å². The molecule has 1 aromatic heterocycles. The van der Waals surface area contributed by atoms with E-state index in [4.69, 9.17) is 4.42 Å². The molecule has 0 unspecified atom stereocenters. The molecule has 2 rings (SSSR count). The molecule has 0 aliphatic heterocycles. The van der Waals surface area contributed by atoms with Crippen LogP contribution in [0.5, 0.6) is 0 Å². The average Bonchev–Trinajstić information content (AvgIpc) is 2.68. The second-order valence-corrected chi connectivity index (χ2v) is 6.38. The van der Waals surface area contributed by atoms with Crippen LogP contribution in [0.25, 0.3) is 11.0 Å². The van der Waals surface area contributed by atoms with Crippen molar-refractivity contribution in [3.05, 3.63) is 40.2 Å². The zero-order valence-corrected chi connectivity index (χ0v) is 16.4. The summed E-state index contributed by atoms with van der Waals surface area (Å²) in [5, 5.41) is 4.16. The molecule has 8 nitrogen and oxygen atoms in total. The normalized spacial score (nSPS) is 10.9. The summed E-state index contributed by atoms with van der Waals surface area (Å²) in [6.45, 7) is 4.04. The molecule has 2 aromatic rings. The van der Waals surface area contributed by atoms with E-state index < -0.39 is 0 Å². The van der Waals surface area contributed by atoms with Crippen LogP contribution < -0.4 is 10.9 Å². The van der Waals surface area contributed by atoms with Gasteiger partial charge in [-0.15, -0.1) is 0 Å². The molecule has 0 aliphatic carbocycles. The molecule has 0 aliphatic rings. The third kappa shape index (κ3) is 6.38. The average molecular weight is 390 g/mol. The zero-order chi connectivity index (χ0) is 20.5. The fourth-order valence-electron chi connectivity index (χ4n) is 2.83. The van der Waals surface area contributed by atoms with Gasteiger partial charge in [0.15, 0.2) is 0 Å². The molecule has 0 fully saturated rings. The van der Waals surface area contributed by atoms with Crippen LogP contribution in [0.4, 0.5) is 5.69 Å². The maximum absolute atomic E-state index is 11.6. The van der Waals surface area contributed by atoms with Gasteiger partial charge in [-0.1, -0.05) is 0 Å². The Balaban J connectivity index is 1.95. The summed E-state index contributed by atoms with van der Waals surface area (Å²) in [4.78, 5) is 36.3. The topological polar surface area (TPSA) is 98.1 Å². The number of nitrogens with one attached hydrogen (secondary N) is 1. The summed E-state index contributed by atoms with van der Waals surface area (Å²) in [7, 11) is 2.70. The van der Waals surface area contributed by atoms with Gasteiger partial charge >= 0.3 is 17.6 Å². The Bertz CT molecular complexity index is 857. The minimum Gasteiger partial charge on any atom is -0.469 e. The monoisotopic (exact) mass is 390 g/mol. The number of carbonyl (C=O) groups excluding carboxylic acids is 2. The molecule has 152 valence electrons. The van der Waals surface area contributed by atoms with E-state index in [1.54, 1.807) is 6.07 Å². The number of carbonyl (C=O) groups is 2. The second-order valence-electron chi connectivity index (χ2n) is 6.38. The maximum atomic E-state index is 11.6. The van der Waals surface area contributed by atoms with Crippen molar-refractivity contribution in [2.24, 2.45) is 0 Å². The zero-order valence-electron chi connectivity index (χ0n) is 16.4. The predicted molar refractivity (Wildman–Crippen MR) is 105 cm³/mol. The molecular weight excluding hydrogens is 364 g/mol. The van der Waals surface area contributed by atoms with E-state index in [9.17, 15) is 14.4 Å². The molecule has 1 N–H and O–H groups in total. The molecule has 0 atom stereocenters. The largest absolute Gasteiger partial charge is 0.469 e. The number of anilines is 1. The van der Waals surface area contributed by atoms with Gasteiger partial charge in [-0.3, -0.25) is 9.59 Å². The number of ether oxygens (including phenoxy) is 2. The fraction of sp³-hybridized carbons (Fsp3) is 0.450. The predicted octanol–water partition coefficient (Wildman–Crippen LogP) is 1.94. The van der Waals surface area contributed by atoms with Crippen LogP contribution in [0.2, 0.25) is 0 Å². The number of benzene rings is 1. The number of nitrogens with zero attached hydrogens (tertiary/aromatic N) is 1. The van der Waals surface area contributed by atoms with Gasteiger partial charge in [-0.2, -0.15) is 0 Å². The molecule has 1 heterocycles. The number of esters is 2. The number of fused-ring (bicyclic) bond motifs is 1. The van der Waals surface area contributed by atoms with Crippen molar-refractivity contribution in [2.75, 3.05) is 45.7 Å². The van der Waals surface area contributed by atoms with Crippen molar-refractivity contribution in [3.63, 3.8) is 0 Å². The van der Waals surface area contributed by atoms with Crippen molar-refractivity contribution >= 4 is 28.6 Å². The Labute approximate surface area is 163 Å². The van der Waals surface area contributed by atoms with Crippen LogP contribution in [0, 0.1) is 6.92 Å². The minimum absolute atomic E-state index is 0.248. The van der Waals surface area contributed by atoms with Crippen LogP contribution in [-0.2, 0) is 19.1 Å². The Morgan fingerprint density at radius 2 is 1.68 bits per heavy atom. The van der Waals surface area contributed by atoms with Crippen molar-refractivity contribution in [1.82, 2.24) is 4.90 Å². The first-order valence-corrected chi connectivity index (χ1v) is 9.07. The van der Waals surface area contributed by atoms with Gasteiger partial charge in [0.2, 0.25) is 0 Å². The van der Waals surface area contributed by atoms with Crippen molar-refractivity contribution < 1.29 is 23.5 Å². The van der Waals surface area contributed by atoms with Crippen LogP contribution in [0.15, 0.2) is 33.5 Å². The number of methoxy groups -OCH3 is 2. The van der Waals surface area contributed by atoms with Gasteiger partial charge in [0.25, 0.3) is 0 Å². The van der Waals surface area contributed by atoms with E-state index in [0.717, 1.165) is 16.6 Å². The van der Waals surface area contributed by atoms with E-state index in [1.165, 1.54) is 20.3 Å². The third-order valence-electron chi connectivity index (χ3n) is 4.43. The Morgan fingerprint density at radius 1 is 1.04 bits per heavy atom. The van der Waals surface area contributed by atoms with Crippen molar-refractivity contribution in [1.29, 1.82) is 0 Å². The van der Waals surface area contributed by atoms with Crippen LogP contribution in [-0.4, -0.2) is 57.2 Å². The molecule has 0 spiro atoms.